The molecule has 1 saturated heterocycles. The van der Waals surface area contributed by atoms with Gasteiger partial charge in [-0.1, -0.05) is 55.0 Å². The van der Waals surface area contributed by atoms with Crippen LogP contribution in [0.4, 0.5) is 0 Å². The Morgan fingerprint density at radius 3 is 2.38 bits per heavy atom. The van der Waals surface area contributed by atoms with Gasteiger partial charge in [-0.3, -0.25) is 14.7 Å². The third-order valence-corrected chi connectivity index (χ3v) is 8.08. The summed E-state index contributed by atoms with van der Waals surface area (Å²) >= 11 is 1.59. The maximum absolute atomic E-state index is 14.1. The first-order valence-electron chi connectivity index (χ1n) is 12.9. The van der Waals surface area contributed by atoms with Crippen LogP contribution < -0.4 is 0 Å². The van der Waals surface area contributed by atoms with Gasteiger partial charge in [0.05, 0.1) is 12.7 Å². The van der Waals surface area contributed by atoms with E-state index in [9.17, 15) is 9.59 Å². The number of hydrogen-bond donors (Lipinski definition) is 0. The second-order valence-electron chi connectivity index (χ2n) is 9.64. The number of carbonyl (C=O) groups is 2. The number of likely N-dealkylation sites (tertiary alicyclic amines) is 1. The van der Waals surface area contributed by atoms with Crippen molar-refractivity contribution < 1.29 is 19.1 Å². The van der Waals surface area contributed by atoms with Gasteiger partial charge in [0, 0.05) is 28.8 Å². The fourth-order valence-corrected chi connectivity index (χ4v) is 6.09. The summed E-state index contributed by atoms with van der Waals surface area (Å²) in [4.78, 5) is 35.1. The number of allylic oxidation sites excluding steroid dienone is 1. The van der Waals surface area contributed by atoms with Gasteiger partial charge in [0.15, 0.2) is 0 Å². The van der Waals surface area contributed by atoms with E-state index >= 15 is 0 Å². The molecular weight excluding hydrogens is 484 g/mol. The van der Waals surface area contributed by atoms with Gasteiger partial charge in [0.1, 0.15) is 12.0 Å². The molecule has 196 valence electrons. The van der Waals surface area contributed by atoms with E-state index in [1.807, 2.05) is 74.7 Å². The number of benzene rings is 2. The summed E-state index contributed by atoms with van der Waals surface area (Å²) in [5.74, 6) is -2.10. The average Bonchev–Trinajstić information content (AvgIpc) is 2.92. The zero-order valence-corrected chi connectivity index (χ0v) is 22.9. The average molecular weight is 521 g/mol. The number of piperidine rings is 1. The minimum atomic E-state index is -0.707. The smallest absolute Gasteiger partial charge is 0.337 e. The predicted octanol–water partition coefficient (Wildman–Crippen LogP) is 5.80. The third-order valence-electron chi connectivity index (χ3n) is 7.27. The zero-order chi connectivity index (χ0) is 26.4. The lowest BCUT2D eigenvalue weighted by Gasteiger charge is -2.34. The Balaban J connectivity index is 1.74. The maximum Gasteiger partial charge on any atom is 0.337 e. The molecule has 2 heterocycles. The fraction of sp³-hybridized carbons (Fsp3) is 0.433. The molecule has 0 bridgehead atoms. The summed E-state index contributed by atoms with van der Waals surface area (Å²) in [5.41, 5.74) is 3.49. The molecule has 3 atom stereocenters. The van der Waals surface area contributed by atoms with E-state index in [1.54, 1.807) is 11.8 Å². The van der Waals surface area contributed by atoms with Crippen LogP contribution in [-0.4, -0.2) is 55.6 Å². The van der Waals surface area contributed by atoms with Crippen molar-refractivity contribution in [2.24, 2.45) is 10.9 Å². The Labute approximate surface area is 224 Å². The largest absolute Gasteiger partial charge is 0.468 e. The van der Waals surface area contributed by atoms with Crippen LogP contribution in [0.3, 0.4) is 0 Å². The molecule has 0 radical (unpaired) electrons. The van der Waals surface area contributed by atoms with Crippen LogP contribution in [0.2, 0.25) is 0 Å². The van der Waals surface area contributed by atoms with Crippen LogP contribution in [0.5, 0.6) is 0 Å². The minimum absolute atomic E-state index is 0.409. The molecule has 37 heavy (non-hydrogen) atoms. The van der Waals surface area contributed by atoms with Gasteiger partial charge in [0.25, 0.3) is 0 Å². The van der Waals surface area contributed by atoms with Gasteiger partial charge in [-0.05, 0) is 63.2 Å². The SMILES string of the molecule is COC(=O)C1C(C)=NC(C)=C(C(=O)OC(CN2CCCCC2)c2ccccc2)C1c1ccccc1SC. The molecular formula is C30H36N2O4S. The summed E-state index contributed by atoms with van der Waals surface area (Å²) in [6, 6.07) is 17.8. The molecule has 2 aromatic rings. The standard InChI is InChI=1S/C30H36N2O4S/c1-20-26(29(33)35-3)28(23-15-9-10-16-25(23)37-4)27(21(2)31-20)30(34)36-24(22-13-7-5-8-14-22)19-32-17-11-6-12-18-32/h5,7-10,13-16,24,26,28H,6,11-12,17-19H2,1-4H3. The number of nitrogens with zero attached hydrogens (tertiary/aromatic N) is 2. The van der Waals surface area contributed by atoms with Gasteiger partial charge in [0.2, 0.25) is 0 Å². The van der Waals surface area contributed by atoms with E-state index in [-0.39, 0.29) is 0 Å². The molecule has 2 aliphatic rings. The molecule has 6 nitrogen and oxygen atoms in total. The molecule has 1 fully saturated rings. The molecule has 0 amide bonds. The fourth-order valence-electron chi connectivity index (χ4n) is 5.44. The van der Waals surface area contributed by atoms with E-state index in [0.717, 1.165) is 42.0 Å². The number of thioether (sulfide) groups is 1. The molecule has 0 spiro atoms. The summed E-state index contributed by atoms with van der Waals surface area (Å²) in [5, 5.41) is 0. The molecule has 3 unspecified atom stereocenters. The molecule has 0 aromatic heterocycles. The Kier molecular flexibility index (Phi) is 9.22. The first-order valence-corrected chi connectivity index (χ1v) is 14.1. The molecule has 0 N–H and O–H groups in total. The number of aliphatic imine (C=N–C) groups is 1. The first-order chi connectivity index (χ1) is 17.9. The third kappa shape index (κ3) is 6.16. The van der Waals surface area contributed by atoms with Crippen LogP contribution in [0, 0.1) is 5.92 Å². The number of ether oxygens (including phenoxy) is 2. The number of rotatable bonds is 8. The van der Waals surface area contributed by atoms with Crippen molar-refractivity contribution in [3.8, 4) is 0 Å². The second kappa shape index (κ2) is 12.6. The Morgan fingerprint density at radius 1 is 1.03 bits per heavy atom. The van der Waals surface area contributed by atoms with Crippen molar-refractivity contribution in [3.05, 3.63) is 77.0 Å². The highest BCUT2D eigenvalue weighted by atomic mass is 32.2. The number of methoxy groups -OCH3 is 1. The number of esters is 2. The summed E-state index contributed by atoms with van der Waals surface area (Å²) in [6.45, 7) is 6.28. The van der Waals surface area contributed by atoms with E-state index in [1.165, 1.54) is 13.5 Å². The van der Waals surface area contributed by atoms with Gasteiger partial charge < -0.3 is 9.47 Å². The molecule has 2 aromatic carbocycles. The van der Waals surface area contributed by atoms with Crippen LogP contribution in [-0.2, 0) is 19.1 Å². The van der Waals surface area contributed by atoms with E-state index in [0.29, 0.717) is 23.5 Å². The van der Waals surface area contributed by atoms with Gasteiger partial charge in [-0.2, -0.15) is 0 Å². The Hall–Kier alpha value is -2.90. The lowest BCUT2D eigenvalue weighted by Crippen LogP contribution is -2.38. The lowest BCUT2D eigenvalue weighted by atomic mass is 9.75. The summed E-state index contributed by atoms with van der Waals surface area (Å²) < 4.78 is 11.5. The van der Waals surface area contributed by atoms with E-state index in [2.05, 4.69) is 9.89 Å². The maximum atomic E-state index is 14.1. The van der Waals surface area contributed by atoms with Crippen molar-refractivity contribution in [3.63, 3.8) is 0 Å². The van der Waals surface area contributed by atoms with Crippen LogP contribution in [0.15, 0.2) is 75.8 Å². The molecule has 4 rings (SSSR count). The highest BCUT2D eigenvalue weighted by Gasteiger charge is 2.43. The summed E-state index contributed by atoms with van der Waals surface area (Å²) in [6.07, 6.45) is 5.12. The Bertz CT molecular complexity index is 1170. The number of hydrogen-bond acceptors (Lipinski definition) is 7. The van der Waals surface area contributed by atoms with Crippen molar-refractivity contribution in [1.29, 1.82) is 0 Å². The lowest BCUT2D eigenvalue weighted by molar-refractivity contribution is -0.147. The second-order valence-corrected chi connectivity index (χ2v) is 10.5. The van der Waals surface area contributed by atoms with E-state index in [4.69, 9.17) is 9.47 Å². The molecule has 7 heteroatoms. The van der Waals surface area contributed by atoms with Crippen molar-refractivity contribution in [2.75, 3.05) is 33.0 Å². The number of carbonyl (C=O) groups excluding carboxylic acids is 2. The van der Waals surface area contributed by atoms with Gasteiger partial charge >= 0.3 is 11.9 Å². The van der Waals surface area contributed by atoms with Gasteiger partial charge in [-0.25, -0.2) is 4.79 Å². The summed E-state index contributed by atoms with van der Waals surface area (Å²) in [7, 11) is 1.38. The topological polar surface area (TPSA) is 68.2 Å². The van der Waals surface area contributed by atoms with Gasteiger partial charge in [-0.15, -0.1) is 11.8 Å². The van der Waals surface area contributed by atoms with Crippen molar-refractivity contribution in [2.45, 2.75) is 50.0 Å². The molecule has 0 saturated carbocycles. The van der Waals surface area contributed by atoms with Crippen molar-refractivity contribution >= 4 is 29.4 Å². The minimum Gasteiger partial charge on any atom is -0.468 e. The Morgan fingerprint density at radius 2 is 1.70 bits per heavy atom. The zero-order valence-electron chi connectivity index (χ0n) is 22.1. The van der Waals surface area contributed by atoms with E-state index < -0.39 is 29.9 Å². The molecule has 0 aliphatic carbocycles. The highest BCUT2D eigenvalue weighted by molar-refractivity contribution is 7.98. The normalized spacial score (nSPS) is 21.2. The van der Waals surface area contributed by atoms with Crippen LogP contribution in [0.25, 0.3) is 0 Å². The molecule has 2 aliphatic heterocycles. The highest BCUT2D eigenvalue weighted by Crippen LogP contribution is 2.43. The quantitative estimate of drug-likeness (QED) is 0.324. The van der Waals surface area contributed by atoms with Crippen LogP contribution >= 0.6 is 11.8 Å². The van der Waals surface area contributed by atoms with Crippen molar-refractivity contribution in [1.82, 2.24) is 4.90 Å². The predicted molar refractivity (Wildman–Crippen MR) is 148 cm³/mol. The van der Waals surface area contributed by atoms with Crippen LogP contribution in [0.1, 0.15) is 56.3 Å². The first kappa shape index (κ1) is 27.1. The monoisotopic (exact) mass is 520 g/mol.